The first-order chi connectivity index (χ1) is 12.6. The molecule has 0 aliphatic rings. The fourth-order valence-electron chi connectivity index (χ4n) is 3.18. The van der Waals surface area contributed by atoms with Crippen molar-refractivity contribution in [3.63, 3.8) is 0 Å². The Morgan fingerprint density at radius 2 is 1.44 bits per heavy atom. The molecule has 0 bridgehead atoms. The molecular formula is C24H27O2P. The molecule has 3 rings (SSSR count). The molecule has 0 amide bonds. The van der Waals surface area contributed by atoms with E-state index in [1.807, 2.05) is 18.2 Å². The second-order valence-corrected chi connectivity index (χ2v) is 8.89. The van der Waals surface area contributed by atoms with Crippen molar-refractivity contribution >= 4 is 23.8 Å². The highest BCUT2D eigenvalue weighted by Crippen LogP contribution is 2.39. The van der Waals surface area contributed by atoms with Gasteiger partial charge in [-0.05, 0) is 48.1 Å². The van der Waals surface area contributed by atoms with E-state index >= 15 is 0 Å². The number of benzene rings is 3. The third-order valence-corrected chi connectivity index (χ3v) is 6.90. The monoisotopic (exact) mass is 378 g/mol. The van der Waals surface area contributed by atoms with Gasteiger partial charge in [0, 0.05) is 5.30 Å². The summed E-state index contributed by atoms with van der Waals surface area (Å²) >= 11 is 0. The van der Waals surface area contributed by atoms with Crippen LogP contribution < -0.4 is 15.9 Å². The molecule has 2 nitrogen and oxygen atoms in total. The molecule has 27 heavy (non-hydrogen) atoms. The zero-order chi connectivity index (χ0) is 18.5. The maximum Gasteiger partial charge on any atom is 0.127 e. The summed E-state index contributed by atoms with van der Waals surface area (Å²) in [4.78, 5) is 0. The van der Waals surface area contributed by atoms with Gasteiger partial charge >= 0.3 is 0 Å². The van der Waals surface area contributed by atoms with Crippen LogP contribution >= 0.6 is 7.92 Å². The van der Waals surface area contributed by atoms with Crippen LogP contribution in [-0.2, 0) is 6.42 Å². The first-order valence-electron chi connectivity index (χ1n) is 8.98. The van der Waals surface area contributed by atoms with Gasteiger partial charge in [0.1, 0.15) is 5.75 Å². The van der Waals surface area contributed by atoms with Gasteiger partial charge in [-0.1, -0.05) is 86.7 Å². The van der Waals surface area contributed by atoms with E-state index in [4.69, 9.17) is 0 Å². The van der Waals surface area contributed by atoms with Crippen LogP contribution in [0.25, 0.3) is 0 Å². The summed E-state index contributed by atoms with van der Waals surface area (Å²) in [5.41, 5.74) is 2.22. The lowest BCUT2D eigenvalue weighted by atomic mass is 9.98. The maximum absolute atomic E-state index is 11.1. The van der Waals surface area contributed by atoms with Gasteiger partial charge in [-0.2, -0.15) is 0 Å². The Morgan fingerprint density at radius 3 is 1.89 bits per heavy atom. The minimum atomic E-state index is -0.819. The molecule has 3 N–H and O–H groups in total. The van der Waals surface area contributed by atoms with Crippen LogP contribution in [0.5, 0.6) is 5.75 Å². The van der Waals surface area contributed by atoms with Crippen molar-refractivity contribution in [2.45, 2.75) is 26.2 Å². The largest absolute Gasteiger partial charge is 0.507 e. The smallest absolute Gasteiger partial charge is 0.127 e. The molecule has 0 aliphatic heterocycles. The number of hydrogen-bond donors (Lipinski definition) is 1. The summed E-state index contributed by atoms with van der Waals surface area (Å²) in [6, 6.07) is 25.3. The summed E-state index contributed by atoms with van der Waals surface area (Å²) < 4.78 is 0. The van der Waals surface area contributed by atoms with E-state index < -0.39 is 7.92 Å². The molecule has 3 heteroatoms. The molecule has 140 valence electrons. The van der Waals surface area contributed by atoms with Crippen LogP contribution in [0.4, 0.5) is 0 Å². The fourth-order valence-corrected chi connectivity index (χ4v) is 5.61. The average Bonchev–Trinajstić information content (AvgIpc) is 2.66. The van der Waals surface area contributed by atoms with Crippen LogP contribution in [0, 0.1) is 0 Å². The van der Waals surface area contributed by atoms with Gasteiger partial charge in [-0.15, -0.1) is 6.58 Å². The van der Waals surface area contributed by atoms with Crippen LogP contribution in [0.2, 0.25) is 0 Å². The number of allylic oxidation sites excluding steroid dienone is 1. The zero-order valence-electron chi connectivity index (χ0n) is 15.9. The van der Waals surface area contributed by atoms with Gasteiger partial charge in [0.25, 0.3) is 0 Å². The molecule has 0 spiro atoms. The quantitative estimate of drug-likeness (QED) is 0.508. The molecule has 0 aromatic heterocycles. The molecule has 0 saturated heterocycles. The Morgan fingerprint density at radius 1 is 0.926 bits per heavy atom. The molecular weight excluding hydrogens is 351 g/mol. The Kier molecular flexibility index (Phi) is 7.36. The van der Waals surface area contributed by atoms with Crippen molar-refractivity contribution in [1.82, 2.24) is 0 Å². The lowest BCUT2D eigenvalue weighted by Gasteiger charge is -2.23. The normalized spacial score (nSPS) is 10.7. The van der Waals surface area contributed by atoms with Crippen molar-refractivity contribution in [2.75, 3.05) is 0 Å². The molecule has 0 atom stereocenters. The van der Waals surface area contributed by atoms with Crippen molar-refractivity contribution in [3.8, 4) is 5.75 Å². The minimum absolute atomic E-state index is 0. The summed E-state index contributed by atoms with van der Waals surface area (Å²) in [7, 11) is -0.819. The summed E-state index contributed by atoms with van der Waals surface area (Å²) in [6.07, 6.45) is 2.73. The third kappa shape index (κ3) is 4.66. The fraction of sp³-hybridized carbons (Fsp3) is 0.167. The Bertz CT molecular complexity index is 834. The van der Waals surface area contributed by atoms with Gasteiger partial charge in [0.05, 0.1) is 0 Å². The number of rotatable bonds is 6. The number of phenols is 1. The van der Waals surface area contributed by atoms with E-state index in [1.54, 1.807) is 0 Å². The van der Waals surface area contributed by atoms with Crippen LogP contribution in [-0.4, -0.2) is 10.6 Å². The molecule has 0 aliphatic carbocycles. The molecule has 0 saturated carbocycles. The molecule has 0 unspecified atom stereocenters. The van der Waals surface area contributed by atoms with Crippen LogP contribution in [0.1, 0.15) is 30.9 Å². The predicted octanol–water partition coefficient (Wildman–Crippen LogP) is 4.18. The highest BCUT2D eigenvalue weighted by Gasteiger charge is 2.23. The van der Waals surface area contributed by atoms with Gasteiger partial charge in [0.2, 0.25) is 0 Å². The van der Waals surface area contributed by atoms with E-state index in [1.165, 1.54) is 16.2 Å². The number of hydrogen-bond acceptors (Lipinski definition) is 1. The van der Waals surface area contributed by atoms with E-state index in [0.717, 1.165) is 17.3 Å². The molecule has 3 aromatic carbocycles. The first kappa shape index (κ1) is 20.9. The average molecular weight is 378 g/mol. The highest BCUT2D eigenvalue weighted by molar-refractivity contribution is 7.80. The van der Waals surface area contributed by atoms with Crippen LogP contribution in [0.3, 0.4) is 0 Å². The summed E-state index contributed by atoms with van der Waals surface area (Å²) in [5, 5.41) is 14.7. The van der Waals surface area contributed by atoms with Gasteiger partial charge in [-0.3, -0.25) is 0 Å². The molecule has 0 fully saturated rings. The lowest BCUT2D eigenvalue weighted by molar-refractivity contribution is 0.469. The van der Waals surface area contributed by atoms with E-state index in [0.29, 0.717) is 5.75 Å². The second kappa shape index (κ2) is 9.50. The van der Waals surface area contributed by atoms with E-state index in [-0.39, 0.29) is 11.4 Å². The van der Waals surface area contributed by atoms with E-state index in [2.05, 4.69) is 81.1 Å². The second-order valence-electron chi connectivity index (χ2n) is 6.71. The zero-order valence-corrected chi connectivity index (χ0v) is 16.8. The standard InChI is InChI=1S/C24H25OP.H2O/c1-4-11-19-16-22(18(2)3)24(25)23(17-19)26(20-12-7-5-8-13-20)21-14-9-6-10-15-21;/h4-10,12-18,25H,1,11H2,2-3H3;1H2. The van der Waals surface area contributed by atoms with E-state index in [9.17, 15) is 5.11 Å². The summed E-state index contributed by atoms with van der Waals surface area (Å²) in [5.74, 6) is 0.702. The lowest BCUT2D eigenvalue weighted by Crippen LogP contribution is -2.22. The van der Waals surface area contributed by atoms with Crippen molar-refractivity contribution in [1.29, 1.82) is 0 Å². The van der Waals surface area contributed by atoms with Gasteiger partial charge in [-0.25, -0.2) is 0 Å². The number of aromatic hydroxyl groups is 1. The van der Waals surface area contributed by atoms with Crippen LogP contribution in [0.15, 0.2) is 85.5 Å². The highest BCUT2D eigenvalue weighted by atomic mass is 31.1. The van der Waals surface area contributed by atoms with Crippen molar-refractivity contribution < 1.29 is 10.6 Å². The number of phenolic OH excluding ortho intramolecular Hbond substituents is 1. The molecule has 0 heterocycles. The SMILES string of the molecule is C=CCc1cc(C(C)C)c(O)c(P(c2ccccc2)c2ccccc2)c1.O. The molecule has 0 radical (unpaired) electrons. The topological polar surface area (TPSA) is 51.7 Å². The Balaban J connectivity index is 0.00000261. The Labute approximate surface area is 163 Å². The molecule has 3 aromatic rings. The maximum atomic E-state index is 11.1. The predicted molar refractivity (Wildman–Crippen MR) is 118 cm³/mol. The van der Waals surface area contributed by atoms with Crippen molar-refractivity contribution in [3.05, 3.63) is 96.6 Å². The van der Waals surface area contributed by atoms with Gasteiger partial charge in [0.15, 0.2) is 0 Å². The summed E-state index contributed by atoms with van der Waals surface area (Å²) in [6.45, 7) is 8.14. The third-order valence-electron chi connectivity index (χ3n) is 4.45. The Hall–Kier alpha value is -2.41. The van der Waals surface area contributed by atoms with Gasteiger partial charge < -0.3 is 10.6 Å². The first-order valence-corrected chi connectivity index (χ1v) is 10.3. The van der Waals surface area contributed by atoms with Crippen molar-refractivity contribution in [2.24, 2.45) is 0 Å². The minimum Gasteiger partial charge on any atom is -0.507 e.